The number of hydrogen-bond donors (Lipinski definition) is 2. The summed E-state index contributed by atoms with van der Waals surface area (Å²) >= 11 is 0. The number of fused-ring (bicyclic) bond motifs is 1. The van der Waals surface area contributed by atoms with E-state index in [2.05, 4.69) is 15.4 Å². The lowest BCUT2D eigenvalue weighted by atomic mass is 10.1. The Morgan fingerprint density at radius 1 is 1.36 bits per heavy atom. The van der Waals surface area contributed by atoms with E-state index in [0.717, 1.165) is 6.42 Å². The van der Waals surface area contributed by atoms with Gasteiger partial charge in [0, 0.05) is 6.04 Å². The SMILES string of the molecule is CCCCC(NC(=O)c1cc(-c2ccco2)nc2c1cnn2C(C)C)C(=O)O. The lowest BCUT2D eigenvalue weighted by molar-refractivity contribution is -0.139. The monoisotopic (exact) mass is 384 g/mol. The number of pyridine rings is 1. The Hall–Kier alpha value is -3.16. The predicted molar refractivity (Wildman–Crippen MR) is 104 cm³/mol. The van der Waals surface area contributed by atoms with Gasteiger partial charge in [0.2, 0.25) is 0 Å². The second-order valence-electron chi connectivity index (χ2n) is 6.96. The summed E-state index contributed by atoms with van der Waals surface area (Å²) in [6.07, 6.45) is 5.06. The third kappa shape index (κ3) is 3.90. The molecule has 0 radical (unpaired) electrons. The van der Waals surface area contributed by atoms with E-state index in [9.17, 15) is 14.7 Å². The van der Waals surface area contributed by atoms with E-state index < -0.39 is 17.9 Å². The molecule has 0 aliphatic heterocycles. The van der Waals surface area contributed by atoms with E-state index in [-0.39, 0.29) is 6.04 Å². The van der Waals surface area contributed by atoms with Gasteiger partial charge < -0.3 is 14.8 Å². The number of carbonyl (C=O) groups excluding carboxylic acids is 1. The van der Waals surface area contributed by atoms with Crippen LogP contribution in [0.2, 0.25) is 0 Å². The van der Waals surface area contributed by atoms with Crippen molar-refractivity contribution in [3.63, 3.8) is 0 Å². The van der Waals surface area contributed by atoms with E-state index in [4.69, 9.17) is 4.42 Å². The number of hydrogen-bond acceptors (Lipinski definition) is 5. The molecule has 28 heavy (non-hydrogen) atoms. The summed E-state index contributed by atoms with van der Waals surface area (Å²) in [4.78, 5) is 29.1. The second kappa shape index (κ2) is 8.24. The van der Waals surface area contributed by atoms with Gasteiger partial charge in [-0.15, -0.1) is 0 Å². The molecule has 3 rings (SSSR count). The predicted octanol–water partition coefficient (Wildman–Crippen LogP) is 3.65. The number of amides is 1. The van der Waals surface area contributed by atoms with Crippen molar-refractivity contribution in [2.45, 2.75) is 52.1 Å². The van der Waals surface area contributed by atoms with Crippen LogP contribution in [-0.4, -0.2) is 37.8 Å². The molecule has 2 N–H and O–H groups in total. The number of nitrogens with zero attached hydrogens (tertiary/aromatic N) is 3. The van der Waals surface area contributed by atoms with E-state index in [0.29, 0.717) is 40.9 Å². The standard InChI is InChI=1S/C20H24N4O4/c1-4-5-7-15(20(26)27)23-19(25)13-10-16(17-8-6-9-28-17)22-18-14(13)11-21-24(18)12(2)3/h6,8-12,15H,4-5,7H2,1-3H3,(H,23,25)(H,26,27). The molecule has 0 fully saturated rings. The average Bonchev–Trinajstić information content (AvgIpc) is 3.33. The number of carbonyl (C=O) groups is 2. The van der Waals surface area contributed by atoms with Crippen LogP contribution in [-0.2, 0) is 4.79 Å². The molecule has 0 bridgehead atoms. The van der Waals surface area contributed by atoms with Crippen molar-refractivity contribution in [1.82, 2.24) is 20.1 Å². The van der Waals surface area contributed by atoms with Crippen molar-refractivity contribution in [2.75, 3.05) is 0 Å². The minimum atomic E-state index is -1.05. The maximum atomic E-state index is 13.0. The van der Waals surface area contributed by atoms with Crippen LogP contribution in [0.15, 0.2) is 35.1 Å². The van der Waals surface area contributed by atoms with Crippen LogP contribution in [0.25, 0.3) is 22.5 Å². The molecule has 148 valence electrons. The number of rotatable bonds is 8. The van der Waals surface area contributed by atoms with Crippen molar-refractivity contribution in [1.29, 1.82) is 0 Å². The normalized spacial score (nSPS) is 12.4. The fraction of sp³-hybridized carbons (Fsp3) is 0.400. The van der Waals surface area contributed by atoms with Crippen LogP contribution in [0.4, 0.5) is 0 Å². The fourth-order valence-electron chi connectivity index (χ4n) is 3.04. The number of aromatic nitrogens is 3. The molecule has 8 nitrogen and oxygen atoms in total. The first-order chi connectivity index (χ1) is 13.4. The van der Waals surface area contributed by atoms with E-state index in [1.165, 1.54) is 6.26 Å². The van der Waals surface area contributed by atoms with Crippen molar-refractivity contribution in [3.05, 3.63) is 36.2 Å². The van der Waals surface area contributed by atoms with Crippen molar-refractivity contribution >= 4 is 22.9 Å². The molecule has 3 aromatic heterocycles. The first kappa shape index (κ1) is 19.6. The van der Waals surface area contributed by atoms with Crippen LogP contribution >= 0.6 is 0 Å². The maximum Gasteiger partial charge on any atom is 0.326 e. The van der Waals surface area contributed by atoms with Crippen molar-refractivity contribution in [3.8, 4) is 11.5 Å². The summed E-state index contributed by atoms with van der Waals surface area (Å²) in [6, 6.07) is 4.22. The summed E-state index contributed by atoms with van der Waals surface area (Å²) in [6.45, 7) is 5.92. The summed E-state index contributed by atoms with van der Waals surface area (Å²) in [7, 11) is 0. The van der Waals surface area contributed by atoms with Gasteiger partial charge in [0.15, 0.2) is 11.4 Å². The Morgan fingerprint density at radius 3 is 2.75 bits per heavy atom. The fourth-order valence-corrected chi connectivity index (χ4v) is 3.04. The zero-order valence-corrected chi connectivity index (χ0v) is 16.2. The molecule has 0 aliphatic carbocycles. The molecule has 0 saturated heterocycles. The Balaban J connectivity index is 2.05. The van der Waals surface area contributed by atoms with Gasteiger partial charge in [-0.1, -0.05) is 19.8 Å². The molecule has 0 aromatic carbocycles. The van der Waals surface area contributed by atoms with Gasteiger partial charge in [0.05, 0.1) is 23.4 Å². The van der Waals surface area contributed by atoms with Crippen molar-refractivity contribution in [2.24, 2.45) is 0 Å². The topological polar surface area (TPSA) is 110 Å². The molecular weight excluding hydrogens is 360 g/mol. The van der Waals surface area contributed by atoms with E-state index in [1.807, 2.05) is 20.8 Å². The Kier molecular flexibility index (Phi) is 5.77. The van der Waals surface area contributed by atoms with Gasteiger partial charge in [-0.05, 0) is 38.5 Å². The summed E-state index contributed by atoms with van der Waals surface area (Å²) in [5, 5.41) is 17.0. The Bertz CT molecular complexity index is 976. The molecule has 0 spiro atoms. The Labute approximate surface area is 162 Å². The number of carboxylic acids is 1. The number of carboxylic acid groups (broad SMARTS) is 1. The van der Waals surface area contributed by atoms with Crippen molar-refractivity contribution < 1.29 is 19.1 Å². The first-order valence-corrected chi connectivity index (χ1v) is 9.38. The highest BCUT2D eigenvalue weighted by Crippen LogP contribution is 2.26. The number of furan rings is 1. The minimum Gasteiger partial charge on any atom is -0.480 e. The second-order valence-corrected chi connectivity index (χ2v) is 6.96. The number of unbranched alkanes of at least 4 members (excludes halogenated alkanes) is 1. The van der Waals surface area contributed by atoms with Gasteiger partial charge in [-0.2, -0.15) is 5.10 Å². The van der Waals surface area contributed by atoms with Gasteiger partial charge >= 0.3 is 5.97 Å². The summed E-state index contributed by atoms with van der Waals surface area (Å²) < 4.78 is 7.16. The van der Waals surface area contributed by atoms with Crippen LogP contribution < -0.4 is 5.32 Å². The molecule has 3 heterocycles. The lowest BCUT2D eigenvalue weighted by Gasteiger charge is -2.15. The highest BCUT2D eigenvalue weighted by atomic mass is 16.4. The highest BCUT2D eigenvalue weighted by Gasteiger charge is 2.24. The van der Waals surface area contributed by atoms with Gasteiger partial charge in [-0.25, -0.2) is 14.5 Å². The third-order valence-electron chi connectivity index (χ3n) is 4.52. The third-order valence-corrected chi connectivity index (χ3v) is 4.52. The molecular formula is C20H24N4O4. The first-order valence-electron chi connectivity index (χ1n) is 9.38. The highest BCUT2D eigenvalue weighted by molar-refractivity contribution is 6.07. The summed E-state index contributed by atoms with van der Waals surface area (Å²) in [5.74, 6) is -0.989. The molecule has 1 atom stereocenters. The average molecular weight is 384 g/mol. The van der Waals surface area contributed by atoms with Gasteiger partial charge in [0.25, 0.3) is 5.91 Å². The molecule has 3 aromatic rings. The zero-order valence-electron chi connectivity index (χ0n) is 16.2. The van der Waals surface area contributed by atoms with E-state index in [1.54, 1.807) is 29.1 Å². The lowest BCUT2D eigenvalue weighted by Crippen LogP contribution is -2.40. The largest absolute Gasteiger partial charge is 0.480 e. The quantitative estimate of drug-likeness (QED) is 0.613. The number of nitrogens with one attached hydrogen (secondary N) is 1. The maximum absolute atomic E-state index is 13.0. The molecule has 1 unspecified atom stereocenters. The molecule has 1 amide bonds. The minimum absolute atomic E-state index is 0.0454. The Morgan fingerprint density at radius 2 is 2.14 bits per heavy atom. The van der Waals surface area contributed by atoms with Crippen LogP contribution in [0, 0.1) is 0 Å². The zero-order chi connectivity index (χ0) is 20.3. The smallest absolute Gasteiger partial charge is 0.326 e. The van der Waals surface area contributed by atoms with Crippen LogP contribution in [0.1, 0.15) is 56.4 Å². The number of aliphatic carboxylic acids is 1. The van der Waals surface area contributed by atoms with E-state index >= 15 is 0 Å². The molecule has 0 saturated carbocycles. The molecule has 8 heteroatoms. The summed E-state index contributed by atoms with van der Waals surface area (Å²) in [5.41, 5.74) is 1.37. The van der Waals surface area contributed by atoms with Gasteiger partial charge in [0.1, 0.15) is 11.7 Å². The van der Waals surface area contributed by atoms with Crippen LogP contribution in [0.5, 0.6) is 0 Å². The molecule has 0 aliphatic rings. The van der Waals surface area contributed by atoms with Crippen LogP contribution in [0.3, 0.4) is 0 Å². The van der Waals surface area contributed by atoms with Gasteiger partial charge in [-0.3, -0.25) is 4.79 Å².